The minimum Gasteiger partial charge on any atom is -0.365 e. The van der Waals surface area contributed by atoms with Crippen LogP contribution in [0.5, 0.6) is 0 Å². The Kier molecular flexibility index (Phi) is 3.57. The van der Waals surface area contributed by atoms with Gasteiger partial charge in [-0.1, -0.05) is 38.8 Å². The third-order valence-corrected chi connectivity index (χ3v) is 9.00. The predicted molar refractivity (Wildman–Crippen MR) is 92.7 cm³/mol. The van der Waals surface area contributed by atoms with E-state index in [-0.39, 0.29) is 0 Å². The number of fused-ring (bicyclic) bond motifs is 5. The molecule has 130 valence electrons. The van der Waals surface area contributed by atoms with Crippen LogP contribution in [0, 0.1) is 34.5 Å². The van der Waals surface area contributed by atoms with Crippen molar-refractivity contribution in [1.29, 1.82) is 0 Å². The van der Waals surface area contributed by atoms with Crippen molar-refractivity contribution >= 4 is 0 Å². The summed E-state index contributed by atoms with van der Waals surface area (Å²) in [7, 11) is 0. The van der Waals surface area contributed by atoms with Crippen LogP contribution < -0.4 is 0 Å². The van der Waals surface area contributed by atoms with Crippen LogP contribution in [0.2, 0.25) is 0 Å². The first-order chi connectivity index (χ1) is 10.8. The number of hydrogen-bond acceptors (Lipinski definition) is 2. The summed E-state index contributed by atoms with van der Waals surface area (Å²) in [6, 6.07) is 0. The minimum atomic E-state index is -1.50. The normalized spacial score (nSPS) is 51.4. The summed E-state index contributed by atoms with van der Waals surface area (Å²) in [5.74, 6) is 1.35. The smallest absolute Gasteiger partial charge is 0.172 e. The van der Waals surface area contributed by atoms with Crippen molar-refractivity contribution in [3.05, 3.63) is 11.6 Å². The molecule has 0 unspecified atom stereocenters. The SMILES string of the molecule is CC[C@H]1CC[C@H]2[C@@H]3CCC4=CCCC(O)(O)[C@]4(C)[C@H]3CC[C@]12C. The first kappa shape index (κ1) is 16.1. The Morgan fingerprint density at radius 2 is 1.83 bits per heavy atom. The van der Waals surface area contributed by atoms with Gasteiger partial charge in [0, 0.05) is 11.8 Å². The molecule has 3 fully saturated rings. The predicted octanol–water partition coefficient (Wildman–Crippen LogP) is 4.66. The molecule has 4 aliphatic carbocycles. The van der Waals surface area contributed by atoms with Crippen molar-refractivity contribution in [1.82, 2.24) is 0 Å². The lowest BCUT2D eigenvalue weighted by Crippen LogP contribution is -2.60. The fourth-order valence-electron chi connectivity index (χ4n) is 7.58. The molecule has 2 N–H and O–H groups in total. The summed E-state index contributed by atoms with van der Waals surface area (Å²) in [5.41, 5.74) is 1.46. The maximum absolute atomic E-state index is 10.9. The first-order valence-electron chi connectivity index (χ1n) is 9.99. The molecule has 0 spiro atoms. The van der Waals surface area contributed by atoms with E-state index in [2.05, 4.69) is 26.8 Å². The Hall–Kier alpha value is -0.340. The van der Waals surface area contributed by atoms with Gasteiger partial charge < -0.3 is 10.2 Å². The average molecular weight is 319 g/mol. The Balaban J connectivity index is 1.72. The van der Waals surface area contributed by atoms with Crippen LogP contribution >= 0.6 is 0 Å². The third kappa shape index (κ3) is 1.94. The zero-order valence-electron chi connectivity index (χ0n) is 15.1. The van der Waals surface area contributed by atoms with E-state index in [0.29, 0.717) is 23.7 Å². The molecule has 0 aromatic heterocycles. The highest BCUT2D eigenvalue weighted by Gasteiger charge is 2.63. The van der Waals surface area contributed by atoms with E-state index in [9.17, 15) is 10.2 Å². The molecule has 4 rings (SSSR count). The van der Waals surface area contributed by atoms with E-state index in [1.54, 1.807) is 0 Å². The van der Waals surface area contributed by atoms with Gasteiger partial charge in [-0.25, -0.2) is 0 Å². The van der Waals surface area contributed by atoms with E-state index < -0.39 is 11.2 Å². The lowest BCUT2D eigenvalue weighted by Gasteiger charge is -2.61. The molecular weight excluding hydrogens is 284 g/mol. The van der Waals surface area contributed by atoms with Gasteiger partial charge in [-0.15, -0.1) is 0 Å². The fourth-order valence-corrected chi connectivity index (χ4v) is 7.58. The molecule has 2 heteroatoms. The lowest BCUT2D eigenvalue weighted by molar-refractivity contribution is -0.267. The largest absolute Gasteiger partial charge is 0.365 e. The van der Waals surface area contributed by atoms with Crippen LogP contribution in [0.3, 0.4) is 0 Å². The number of rotatable bonds is 1. The maximum Gasteiger partial charge on any atom is 0.172 e. The molecule has 0 radical (unpaired) electrons. The number of allylic oxidation sites excluding steroid dienone is 1. The zero-order chi connectivity index (χ0) is 16.5. The molecule has 0 aliphatic heterocycles. The molecule has 0 aromatic carbocycles. The summed E-state index contributed by atoms with van der Waals surface area (Å²) in [6.45, 7) is 7.08. The van der Waals surface area contributed by atoms with Gasteiger partial charge >= 0.3 is 0 Å². The molecule has 0 heterocycles. The Bertz CT molecular complexity index is 522. The van der Waals surface area contributed by atoms with Crippen molar-refractivity contribution in [2.24, 2.45) is 34.5 Å². The Morgan fingerprint density at radius 1 is 1.04 bits per heavy atom. The summed E-state index contributed by atoms with van der Waals surface area (Å²) < 4.78 is 0. The summed E-state index contributed by atoms with van der Waals surface area (Å²) in [5, 5.41) is 21.8. The molecule has 0 aromatic rings. The fraction of sp³-hybridized carbons (Fsp3) is 0.905. The third-order valence-electron chi connectivity index (χ3n) is 9.00. The number of hydrogen-bond donors (Lipinski definition) is 2. The van der Waals surface area contributed by atoms with Crippen LogP contribution in [0.15, 0.2) is 11.6 Å². The maximum atomic E-state index is 10.9. The van der Waals surface area contributed by atoms with E-state index in [0.717, 1.165) is 24.7 Å². The van der Waals surface area contributed by atoms with Crippen LogP contribution in [0.4, 0.5) is 0 Å². The van der Waals surface area contributed by atoms with E-state index in [4.69, 9.17) is 0 Å². The van der Waals surface area contributed by atoms with Gasteiger partial charge in [0.2, 0.25) is 0 Å². The van der Waals surface area contributed by atoms with Gasteiger partial charge in [-0.3, -0.25) is 0 Å². The summed E-state index contributed by atoms with van der Waals surface area (Å²) >= 11 is 0. The summed E-state index contributed by atoms with van der Waals surface area (Å²) in [4.78, 5) is 0. The van der Waals surface area contributed by atoms with Crippen LogP contribution in [0.1, 0.15) is 78.6 Å². The molecule has 0 bridgehead atoms. The Labute approximate surface area is 141 Å². The molecule has 2 nitrogen and oxygen atoms in total. The van der Waals surface area contributed by atoms with Gasteiger partial charge in [0.25, 0.3) is 0 Å². The standard InChI is InChI=1S/C21H34O2/c1-4-14-8-10-17-16-9-7-15-6-5-12-21(22,23)20(15,3)18(16)11-13-19(14,17)2/h6,14,16-18,22-23H,4-5,7-13H2,1-3H3/t14-,16-,17-,18-,19+,20-/m0/s1. The second-order valence-corrected chi connectivity index (χ2v) is 9.43. The van der Waals surface area contributed by atoms with Gasteiger partial charge in [0.15, 0.2) is 5.79 Å². The molecule has 0 amide bonds. The second kappa shape index (κ2) is 5.08. The molecule has 3 saturated carbocycles. The molecular formula is C21H34O2. The van der Waals surface area contributed by atoms with E-state index >= 15 is 0 Å². The molecule has 0 saturated heterocycles. The van der Waals surface area contributed by atoms with Gasteiger partial charge in [0.05, 0.1) is 0 Å². The second-order valence-electron chi connectivity index (χ2n) is 9.43. The van der Waals surface area contributed by atoms with Crippen molar-refractivity contribution in [2.75, 3.05) is 0 Å². The van der Waals surface area contributed by atoms with Crippen molar-refractivity contribution in [3.8, 4) is 0 Å². The Morgan fingerprint density at radius 3 is 2.57 bits per heavy atom. The minimum absolute atomic E-state index is 0.403. The van der Waals surface area contributed by atoms with Crippen molar-refractivity contribution in [3.63, 3.8) is 0 Å². The molecule has 23 heavy (non-hydrogen) atoms. The van der Waals surface area contributed by atoms with E-state index in [1.165, 1.54) is 44.1 Å². The lowest BCUT2D eigenvalue weighted by atomic mass is 9.45. The molecule has 4 aliphatic rings. The number of aliphatic hydroxyl groups is 2. The van der Waals surface area contributed by atoms with Gasteiger partial charge in [0.1, 0.15) is 0 Å². The van der Waals surface area contributed by atoms with Crippen LogP contribution in [0.25, 0.3) is 0 Å². The monoisotopic (exact) mass is 318 g/mol. The average Bonchev–Trinajstić information content (AvgIpc) is 2.85. The van der Waals surface area contributed by atoms with Crippen LogP contribution in [-0.4, -0.2) is 16.0 Å². The highest BCUT2D eigenvalue weighted by molar-refractivity contribution is 5.27. The molecule has 6 atom stereocenters. The van der Waals surface area contributed by atoms with Crippen molar-refractivity contribution < 1.29 is 10.2 Å². The summed E-state index contributed by atoms with van der Waals surface area (Å²) in [6.07, 6.45) is 12.6. The van der Waals surface area contributed by atoms with Crippen LogP contribution in [-0.2, 0) is 0 Å². The highest BCUT2D eigenvalue weighted by atomic mass is 16.5. The van der Waals surface area contributed by atoms with E-state index in [1.807, 2.05) is 0 Å². The first-order valence-corrected chi connectivity index (χ1v) is 9.99. The van der Waals surface area contributed by atoms with Gasteiger partial charge in [-0.2, -0.15) is 0 Å². The zero-order valence-corrected chi connectivity index (χ0v) is 15.1. The van der Waals surface area contributed by atoms with Gasteiger partial charge in [-0.05, 0) is 74.0 Å². The highest BCUT2D eigenvalue weighted by Crippen LogP contribution is 2.68. The topological polar surface area (TPSA) is 40.5 Å². The van der Waals surface area contributed by atoms with Crippen molar-refractivity contribution in [2.45, 2.75) is 84.3 Å². The quantitative estimate of drug-likeness (QED) is 0.545.